The van der Waals surface area contributed by atoms with Crippen LogP contribution in [-0.2, 0) is 0 Å². The van der Waals surface area contributed by atoms with E-state index in [1.807, 2.05) is 13.8 Å². The molecule has 2 heteroatoms. The van der Waals surface area contributed by atoms with Crippen LogP contribution >= 0.6 is 0 Å². The first-order chi connectivity index (χ1) is 7.88. The van der Waals surface area contributed by atoms with Gasteiger partial charge in [0.1, 0.15) is 0 Å². The van der Waals surface area contributed by atoms with E-state index in [2.05, 4.69) is 37.9 Å². The molecule has 17 heavy (non-hydrogen) atoms. The molecule has 1 heterocycles. The van der Waals surface area contributed by atoms with Crippen molar-refractivity contribution in [3.8, 4) is 0 Å². The summed E-state index contributed by atoms with van der Waals surface area (Å²) in [6.07, 6.45) is 2.30. The fourth-order valence-corrected chi connectivity index (χ4v) is 2.55. The Kier molecular flexibility index (Phi) is 5.13. The maximum absolute atomic E-state index is 6.28. The van der Waals surface area contributed by atoms with Crippen molar-refractivity contribution in [2.75, 3.05) is 0 Å². The summed E-state index contributed by atoms with van der Waals surface area (Å²) in [4.78, 5) is 4.39. The van der Waals surface area contributed by atoms with Crippen molar-refractivity contribution in [3.05, 3.63) is 29.1 Å². The molecule has 0 aliphatic carbocycles. The zero-order valence-corrected chi connectivity index (χ0v) is 11.8. The van der Waals surface area contributed by atoms with Gasteiger partial charge in [-0.15, -0.1) is 0 Å². The molecule has 1 rings (SSSR count). The zero-order chi connectivity index (χ0) is 13.0. The van der Waals surface area contributed by atoms with Gasteiger partial charge in [-0.05, 0) is 56.2 Å². The Labute approximate surface area is 106 Å². The zero-order valence-electron chi connectivity index (χ0n) is 11.8. The Morgan fingerprint density at radius 1 is 1.06 bits per heavy atom. The van der Waals surface area contributed by atoms with E-state index in [1.54, 1.807) is 0 Å². The molecule has 96 valence electrons. The predicted octanol–water partition coefficient (Wildman–Crippen LogP) is 3.77. The molecule has 1 aromatic rings. The van der Waals surface area contributed by atoms with E-state index in [9.17, 15) is 0 Å². The summed E-state index contributed by atoms with van der Waals surface area (Å²) in [5.41, 5.74) is 9.63. The highest BCUT2D eigenvalue weighted by Gasteiger charge is 2.13. The predicted molar refractivity (Wildman–Crippen MR) is 73.9 cm³/mol. The molecular weight excluding hydrogens is 208 g/mol. The van der Waals surface area contributed by atoms with Crippen molar-refractivity contribution in [1.29, 1.82) is 0 Å². The number of pyridine rings is 1. The van der Waals surface area contributed by atoms with E-state index >= 15 is 0 Å². The number of rotatable bonds is 5. The molecule has 0 aromatic carbocycles. The van der Waals surface area contributed by atoms with Gasteiger partial charge in [0.05, 0.1) is 0 Å². The van der Waals surface area contributed by atoms with Crippen molar-refractivity contribution in [3.63, 3.8) is 0 Å². The van der Waals surface area contributed by atoms with Gasteiger partial charge in [-0.2, -0.15) is 0 Å². The Bertz CT molecular complexity index is 338. The van der Waals surface area contributed by atoms with Crippen molar-refractivity contribution in [1.82, 2.24) is 4.98 Å². The van der Waals surface area contributed by atoms with Crippen LogP contribution in [0.4, 0.5) is 0 Å². The van der Waals surface area contributed by atoms with Crippen molar-refractivity contribution in [2.45, 2.75) is 53.5 Å². The van der Waals surface area contributed by atoms with Gasteiger partial charge in [-0.25, -0.2) is 0 Å². The van der Waals surface area contributed by atoms with Crippen molar-refractivity contribution < 1.29 is 0 Å². The monoisotopic (exact) mass is 234 g/mol. The van der Waals surface area contributed by atoms with Crippen LogP contribution in [0.1, 0.15) is 56.6 Å². The molecule has 2 unspecified atom stereocenters. The van der Waals surface area contributed by atoms with Crippen LogP contribution in [0.2, 0.25) is 0 Å². The highest BCUT2D eigenvalue weighted by molar-refractivity contribution is 5.23. The second-order valence-corrected chi connectivity index (χ2v) is 5.76. The molecule has 2 N–H and O–H groups in total. The van der Waals surface area contributed by atoms with Gasteiger partial charge in [-0.3, -0.25) is 4.98 Å². The minimum absolute atomic E-state index is 0.143. The molecule has 0 bridgehead atoms. The normalized spacial score (nSPS) is 15.0. The SMILES string of the molecule is Cc1cc(C(N)CC(C)CC(C)C)cc(C)n1. The van der Waals surface area contributed by atoms with Gasteiger partial charge in [0.2, 0.25) is 0 Å². The van der Waals surface area contributed by atoms with E-state index in [4.69, 9.17) is 5.73 Å². The third-order valence-electron chi connectivity index (χ3n) is 3.06. The van der Waals surface area contributed by atoms with Crippen LogP contribution in [0.25, 0.3) is 0 Å². The first-order valence-corrected chi connectivity index (χ1v) is 6.59. The molecule has 0 aliphatic rings. The lowest BCUT2D eigenvalue weighted by atomic mass is 9.90. The molecule has 0 amide bonds. The van der Waals surface area contributed by atoms with Gasteiger partial charge >= 0.3 is 0 Å². The minimum atomic E-state index is 0.143. The van der Waals surface area contributed by atoms with Gasteiger partial charge in [0.25, 0.3) is 0 Å². The molecule has 0 saturated carbocycles. The van der Waals surface area contributed by atoms with Gasteiger partial charge in [-0.1, -0.05) is 20.8 Å². The highest BCUT2D eigenvalue weighted by atomic mass is 14.7. The number of hydrogen-bond acceptors (Lipinski definition) is 2. The lowest BCUT2D eigenvalue weighted by molar-refractivity contribution is 0.387. The van der Waals surface area contributed by atoms with Crippen LogP contribution in [0.3, 0.4) is 0 Å². The Morgan fingerprint density at radius 3 is 2.06 bits per heavy atom. The maximum Gasteiger partial charge on any atom is 0.0379 e. The largest absolute Gasteiger partial charge is 0.324 e. The molecule has 2 nitrogen and oxygen atoms in total. The topological polar surface area (TPSA) is 38.9 Å². The molecule has 0 radical (unpaired) electrons. The van der Waals surface area contributed by atoms with Crippen LogP contribution in [0.15, 0.2) is 12.1 Å². The van der Waals surface area contributed by atoms with E-state index in [-0.39, 0.29) is 6.04 Å². The quantitative estimate of drug-likeness (QED) is 0.842. The van der Waals surface area contributed by atoms with Gasteiger partial charge in [0, 0.05) is 17.4 Å². The number of aryl methyl sites for hydroxylation is 2. The fraction of sp³-hybridized carbons (Fsp3) is 0.667. The minimum Gasteiger partial charge on any atom is -0.324 e. The number of nitrogens with zero attached hydrogens (tertiary/aromatic N) is 1. The summed E-state index contributed by atoms with van der Waals surface area (Å²) in [5, 5.41) is 0. The molecule has 2 atom stereocenters. The fourth-order valence-electron chi connectivity index (χ4n) is 2.55. The van der Waals surface area contributed by atoms with Gasteiger partial charge < -0.3 is 5.73 Å². The molecule has 0 saturated heterocycles. The first-order valence-electron chi connectivity index (χ1n) is 6.59. The summed E-state index contributed by atoms with van der Waals surface area (Å²) in [7, 11) is 0. The average molecular weight is 234 g/mol. The Hall–Kier alpha value is -0.890. The Morgan fingerprint density at radius 2 is 1.59 bits per heavy atom. The summed E-state index contributed by atoms with van der Waals surface area (Å²) in [6, 6.07) is 4.36. The number of nitrogens with two attached hydrogens (primary N) is 1. The lowest BCUT2D eigenvalue weighted by Gasteiger charge is -2.19. The second kappa shape index (κ2) is 6.15. The number of hydrogen-bond donors (Lipinski definition) is 1. The smallest absolute Gasteiger partial charge is 0.0379 e. The van der Waals surface area contributed by atoms with Crippen molar-refractivity contribution >= 4 is 0 Å². The summed E-state index contributed by atoms with van der Waals surface area (Å²) in [5.74, 6) is 1.43. The Balaban J connectivity index is 2.66. The average Bonchev–Trinajstić information content (AvgIpc) is 2.14. The first kappa shape index (κ1) is 14.2. The lowest BCUT2D eigenvalue weighted by Crippen LogP contribution is -2.15. The summed E-state index contributed by atoms with van der Waals surface area (Å²) in [6.45, 7) is 10.9. The van der Waals surface area contributed by atoms with E-state index in [0.29, 0.717) is 5.92 Å². The third-order valence-corrected chi connectivity index (χ3v) is 3.06. The van der Waals surface area contributed by atoms with Gasteiger partial charge in [0.15, 0.2) is 0 Å². The van der Waals surface area contributed by atoms with Crippen LogP contribution in [0, 0.1) is 25.7 Å². The van der Waals surface area contributed by atoms with Crippen molar-refractivity contribution in [2.24, 2.45) is 17.6 Å². The van der Waals surface area contributed by atoms with Crippen LogP contribution in [-0.4, -0.2) is 4.98 Å². The molecule has 0 spiro atoms. The second-order valence-electron chi connectivity index (χ2n) is 5.76. The van der Waals surface area contributed by atoms with E-state index in [1.165, 1.54) is 12.0 Å². The van der Waals surface area contributed by atoms with E-state index in [0.717, 1.165) is 23.7 Å². The number of aromatic nitrogens is 1. The molecule has 0 fully saturated rings. The molecule has 1 aromatic heterocycles. The standard InChI is InChI=1S/C15H26N2/c1-10(2)6-11(3)7-15(16)14-8-12(4)17-13(5)9-14/h8-11,15H,6-7,16H2,1-5H3. The van der Waals surface area contributed by atoms with E-state index < -0.39 is 0 Å². The highest BCUT2D eigenvalue weighted by Crippen LogP contribution is 2.24. The maximum atomic E-state index is 6.28. The van der Waals surface area contributed by atoms with Crippen LogP contribution < -0.4 is 5.73 Å². The van der Waals surface area contributed by atoms with Crippen LogP contribution in [0.5, 0.6) is 0 Å². The third kappa shape index (κ3) is 4.86. The summed E-state index contributed by atoms with van der Waals surface area (Å²) >= 11 is 0. The molecular formula is C15H26N2. The summed E-state index contributed by atoms with van der Waals surface area (Å²) < 4.78 is 0. The molecule has 0 aliphatic heterocycles.